The van der Waals surface area contributed by atoms with Gasteiger partial charge in [-0.3, -0.25) is 0 Å². The van der Waals surface area contributed by atoms with Crippen LogP contribution in [-0.4, -0.2) is 18.2 Å². The van der Waals surface area contributed by atoms with E-state index in [1.54, 1.807) is 6.92 Å². The summed E-state index contributed by atoms with van der Waals surface area (Å²) in [4.78, 5) is 11.0. The largest absolute Gasteiger partial charge is 0.496 e. The summed E-state index contributed by atoms with van der Waals surface area (Å²) in [5.74, 6) is -1.57. The van der Waals surface area contributed by atoms with Crippen molar-refractivity contribution >= 4 is 5.97 Å². The number of halogens is 3. The van der Waals surface area contributed by atoms with E-state index in [4.69, 9.17) is 9.84 Å². The number of ether oxygens (including phenoxy) is 1. The van der Waals surface area contributed by atoms with E-state index in [0.717, 1.165) is 13.2 Å². The van der Waals surface area contributed by atoms with E-state index in [-0.39, 0.29) is 23.3 Å². The summed E-state index contributed by atoms with van der Waals surface area (Å²) in [5.41, 5.74) is -1.02. The molecule has 17 heavy (non-hydrogen) atoms. The van der Waals surface area contributed by atoms with Crippen molar-refractivity contribution in [1.29, 1.82) is 0 Å². The summed E-state index contributed by atoms with van der Waals surface area (Å²) in [7, 11) is 1.14. The lowest BCUT2D eigenvalue weighted by Crippen LogP contribution is -2.11. The third-order valence-corrected chi connectivity index (χ3v) is 2.33. The molecule has 1 N–H and O–H groups in total. The number of alkyl halides is 3. The molecule has 0 heterocycles. The molecule has 0 radical (unpaired) electrons. The summed E-state index contributed by atoms with van der Waals surface area (Å²) in [6, 6.07) is 1.54. The molecule has 6 heteroatoms. The second-order valence-corrected chi connectivity index (χ2v) is 3.37. The van der Waals surface area contributed by atoms with Crippen molar-refractivity contribution in [2.75, 3.05) is 7.11 Å². The molecule has 1 rings (SSSR count). The predicted octanol–water partition coefficient (Wildman–Crippen LogP) is 2.97. The van der Waals surface area contributed by atoms with Gasteiger partial charge in [0.1, 0.15) is 11.3 Å². The van der Waals surface area contributed by atoms with Crippen LogP contribution in [0.15, 0.2) is 12.1 Å². The number of carboxylic acid groups (broad SMARTS) is 1. The van der Waals surface area contributed by atoms with E-state index in [2.05, 4.69) is 0 Å². The Morgan fingerprint density at radius 2 is 2.00 bits per heavy atom. The van der Waals surface area contributed by atoms with Crippen LogP contribution >= 0.6 is 0 Å². The average molecular weight is 248 g/mol. The number of hydrogen-bond donors (Lipinski definition) is 1. The molecule has 0 amide bonds. The second kappa shape index (κ2) is 4.65. The first-order valence-corrected chi connectivity index (χ1v) is 4.82. The van der Waals surface area contributed by atoms with Gasteiger partial charge in [0.05, 0.1) is 12.7 Å². The third kappa shape index (κ3) is 2.69. The summed E-state index contributed by atoms with van der Waals surface area (Å²) >= 11 is 0. The van der Waals surface area contributed by atoms with Crippen molar-refractivity contribution in [2.24, 2.45) is 0 Å². The highest BCUT2D eigenvalue weighted by Crippen LogP contribution is 2.35. The molecule has 0 spiro atoms. The van der Waals surface area contributed by atoms with Crippen LogP contribution in [0.2, 0.25) is 0 Å². The van der Waals surface area contributed by atoms with Crippen molar-refractivity contribution in [3.8, 4) is 5.75 Å². The molecule has 0 unspecified atom stereocenters. The van der Waals surface area contributed by atoms with Gasteiger partial charge in [0.2, 0.25) is 0 Å². The van der Waals surface area contributed by atoms with Gasteiger partial charge in [-0.15, -0.1) is 0 Å². The topological polar surface area (TPSA) is 46.5 Å². The number of carbonyl (C=O) groups is 1. The molecular formula is C11H11F3O3. The highest BCUT2D eigenvalue weighted by Gasteiger charge is 2.33. The Morgan fingerprint density at radius 3 is 2.35 bits per heavy atom. The molecule has 0 aliphatic heterocycles. The fraction of sp³-hybridized carbons (Fsp3) is 0.364. The first-order chi connectivity index (χ1) is 7.81. The number of methoxy groups -OCH3 is 1. The minimum atomic E-state index is -4.52. The summed E-state index contributed by atoms with van der Waals surface area (Å²) in [6.45, 7) is 1.58. The lowest BCUT2D eigenvalue weighted by molar-refractivity contribution is -0.137. The fourth-order valence-electron chi connectivity index (χ4n) is 1.52. The highest BCUT2D eigenvalue weighted by atomic mass is 19.4. The Balaban J connectivity index is 3.50. The molecule has 94 valence electrons. The number of aromatic carboxylic acids is 1. The van der Waals surface area contributed by atoms with E-state index in [1.807, 2.05) is 0 Å². The van der Waals surface area contributed by atoms with Gasteiger partial charge in [-0.05, 0) is 24.1 Å². The average Bonchev–Trinajstić information content (AvgIpc) is 2.25. The van der Waals surface area contributed by atoms with Crippen molar-refractivity contribution < 1.29 is 27.8 Å². The standard InChI is InChI=1S/C11H11F3O3/c1-3-6-4-7(11(12,13)14)5-8(17-2)9(6)10(15)16/h4-5H,3H2,1-2H3,(H,15,16). The number of carboxylic acids is 1. The number of aryl methyl sites for hydroxylation is 1. The van der Waals surface area contributed by atoms with Crippen molar-refractivity contribution in [1.82, 2.24) is 0 Å². The van der Waals surface area contributed by atoms with Crippen LogP contribution in [0, 0.1) is 0 Å². The first kappa shape index (κ1) is 13.3. The Bertz CT molecular complexity index is 413. The van der Waals surface area contributed by atoms with Crippen LogP contribution in [-0.2, 0) is 12.6 Å². The summed E-state index contributed by atoms with van der Waals surface area (Å²) in [5, 5.41) is 8.94. The highest BCUT2D eigenvalue weighted by molar-refractivity contribution is 5.93. The predicted molar refractivity (Wildman–Crippen MR) is 54.3 cm³/mol. The smallest absolute Gasteiger partial charge is 0.416 e. The zero-order valence-electron chi connectivity index (χ0n) is 9.26. The number of hydrogen-bond acceptors (Lipinski definition) is 2. The van der Waals surface area contributed by atoms with Crippen molar-refractivity contribution in [3.05, 3.63) is 28.8 Å². The van der Waals surface area contributed by atoms with Crippen LogP contribution < -0.4 is 4.74 Å². The second-order valence-electron chi connectivity index (χ2n) is 3.37. The van der Waals surface area contributed by atoms with Crippen molar-refractivity contribution in [3.63, 3.8) is 0 Å². The molecule has 0 fully saturated rings. The Kier molecular flexibility index (Phi) is 3.65. The first-order valence-electron chi connectivity index (χ1n) is 4.82. The van der Waals surface area contributed by atoms with Gasteiger partial charge in [-0.25, -0.2) is 4.79 Å². The van der Waals surface area contributed by atoms with Gasteiger partial charge in [0.15, 0.2) is 0 Å². The summed E-state index contributed by atoms with van der Waals surface area (Å²) in [6.07, 6.45) is -4.34. The molecule has 1 aromatic rings. The van der Waals surface area contributed by atoms with E-state index in [1.165, 1.54) is 0 Å². The molecule has 0 saturated heterocycles. The van der Waals surface area contributed by atoms with Gasteiger partial charge < -0.3 is 9.84 Å². The minimum Gasteiger partial charge on any atom is -0.496 e. The van der Waals surface area contributed by atoms with Gasteiger partial charge >= 0.3 is 12.1 Å². The fourth-order valence-corrected chi connectivity index (χ4v) is 1.52. The number of rotatable bonds is 3. The van der Waals surface area contributed by atoms with Gasteiger partial charge in [0.25, 0.3) is 0 Å². The molecule has 0 aliphatic rings. The van der Waals surface area contributed by atoms with E-state index in [0.29, 0.717) is 6.07 Å². The van der Waals surface area contributed by atoms with Gasteiger partial charge in [-0.1, -0.05) is 6.92 Å². The number of benzene rings is 1. The van der Waals surface area contributed by atoms with Crippen molar-refractivity contribution in [2.45, 2.75) is 19.5 Å². The SMILES string of the molecule is CCc1cc(C(F)(F)F)cc(OC)c1C(=O)O. The normalized spacial score (nSPS) is 11.4. The molecule has 0 saturated carbocycles. The lowest BCUT2D eigenvalue weighted by Gasteiger charge is -2.14. The Labute approximate surface area is 95.8 Å². The lowest BCUT2D eigenvalue weighted by atomic mass is 10.0. The zero-order valence-corrected chi connectivity index (χ0v) is 9.26. The quantitative estimate of drug-likeness (QED) is 0.894. The maximum Gasteiger partial charge on any atom is 0.416 e. The van der Waals surface area contributed by atoms with E-state index in [9.17, 15) is 18.0 Å². The van der Waals surface area contributed by atoms with Crippen LogP contribution in [0.5, 0.6) is 5.75 Å². The minimum absolute atomic E-state index is 0.101. The zero-order chi connectivity index (χ0) is 13.2. The Morgan fingerprint density at radius 1 is 1.41 bits per heavy atom. The van der Waals surface area contributed by atoms with E-state index < -0.39 is 17.7 Å². The molecule has 0 aliphatic carbocycles. The van der Waals surface area contributed by atoms with Crippen LogP contribution in [0.3, 0.4) is 0 Å². The monoisotopic (exact) mass is 248 g/mol. The summed E-state index contributed by atoms with van der Waals surface area (Å²) < 4.78 is 42.4. The molecular weight excluding hydrogens is 237 g/mol. The molecule has 3 nitrogen and oxygen atoms in total. The van der Waals surface area contributed by atoms with Crippen LogP contribution in [0.25, 0.3) is 0 Å². The van der Waals surface area contributed by atoms with Crippen LogP contribution in [0.4, 0.5) is 13.2 Å². The maximum atomic E-state index is 12.6. The molecule has 1 aromatic carbocycles. The molecule has 0 aromatic heterocycles. The van der Waals surface area contributed by atoms with Gasteiger partial charge in [-0.2, -0.15) is 13.2 Å². The molecule has 0 bridgehead atoms. The molecule has 0 atom stereocenters. The third-order valence-electron chi connectivity index (χ3n) is 2.33. The van der Waals surface area contributed by atoms with E-state index >= 15 is 0 Å². The van der Waals surface area contributed by atoms with Gasteiger partial charge in [0, 0.05) is 0 Å². The maximum absolute atomic E-state index is 12.6. The van der Waals surface area contributed by atoms with Crippen LogP contribution in [0.1, 0.15) is 28.4 Å². The Hall–Kier alpha value is -1.72.